The largest absolute Gasteiger partial charge is 0.495 e. The van der Waals surface area contributed by atoms with E-state index >= 15 is 0 Å². The second-order valence-electron chi connectivity index (χ2n) is 7.37. The first kappa shape index (κ1) is 23.0. The van der Waals surface area contributed by atoms with Gasteiger partial charge >= 0.3 is 0 Å². The number of carbonyl (C=O) groups is 1. The van der Waals surface area contributed by atoms with Gasteiger partial charge in [-0.25, -0.2) is 12.8 Å². The molecular weight excluding hydrogens is 423 g/mol. The molecule has 0 saturated carbocycles. The smallest absolute Gasteiger partial charge is 0.243 e. The lowest BCUT2D eigenvalue weighted by Crippen LogP contribution is -2.32. The number of hydrogen-bond donors (Lipinski definition) is 1. The molecule has 9 heteroatoms. The Labute approximate surface area is 182 Å². The molecule has 0 unspecified atom stereocenters. The number of carbonyl (C=O) groups excluding carboxylic acids is 1. The fraction of sp³-hybridized carbons (Fsp3) is 0.409. The van der Waals surface area contributed by atoms with Gasteiger partial charge in [0.2, 0.25) is 15.9 Å². The molecule has 1 heterocycles. The van der Waals surface area contributed by atoms with Crippen LogP contribution in [0.2, 0.25) is 0 Å². The monoisotopic (exact) mass is 450 g/mol. The van der Waals surface area contributed by atoms with E-state index in [1.807, 2.05) is 0 Å². The van der Waals surface area contributed by atoms with Crippen molar-refractivity contribution >= 4 is 21.6 Å². The van der Waals surface area contributed by atoms with Gasteiger partial charge in [-0.3, -0.25) is 4.79 Å². The summed E-state index contributed by atoms with van der Waals surface area (Å²) < 4.78 is 51.7. The molecule has 31 heavy (non-hydrogen) atoms. The molecule has 0 aromatic heterocycles. The molecule has 7 nitrogen and oxygen atoms in total. The Hall–Kier alpha value is -2.65. The van der Waals surface area contributed by atoms with Crippen molar-refractivity contribution in [2.24, 2.45) is 0 Å². The molecule has 1 aliphatic heterocycles. The van der Waals surface area contributed by atoms with Crippen molar-refractivity contribution in [1.82, 2.24) is 4.31 Å². The first-order chi connectivity index (χ1) is 14.8. The fourth-order valence-corrected chi connectivity index (χ4v) is 5.12. The molecule has 1 saturated heterocycles. The number of hydrogen-bond acceptors (Lipinski definition) is 5. The van der Waals surface area contributed by atoms with E-state index in [-0.39, 0.29) is 22.8 Å². The average molecular weight is 451 g/mol. The lowest BCUT2D eigenvalue weighted by atomic mass is 10.1. The minimum Gasteiger partial charge on any atom is -0.495 e. The summed E-state index contributed by atoms with van der Waals surface area (Å²) in [7, 11) is -0.876. The van der Waals surface area contributed by atoms with Crippen molar-refractivity contribution < 1.29 is 27.1 Å². The quantitative estimate of drug-likeness (QED) is 0.697. The standard InChI is InChI=1S/C22H27FN2O5S/c1-29-20-9-7-16(13-18(20)23)14-22(26)24-19-15-17(8-10-21(19)30-2)31(27,28)25-11-5-3-4-6-12-25/h7-10,13,15H,3-6,11-12,14H2,1-2H3,(H,24,26). The van der Waals surface area contributed by atoms with E-state index in [9.17, 15) is 17.6 Å². The Kier molecular flexibility index (Phi) is 7.50. The van der Waals surface area contributed by atoms with Gasteiger partial charge in [0.1, 0.15) is 5.75 Å². The summed E-state index contributed by atoms with van der Waals surface area (Å²) in [5, 5.41) is 2.69. The maximum absolute atomic E-state index is 13.9. The zero-order chi connectivity index (χ0) is 22.4. The van der Waals surface area contributed by atoms with Gasteiger partial charge < -0.3 is 14.8 Å². The Morgan fingerprint density at radius 3 is 2.26 bits per heavy atom. The molecule has 0 radical (unpaired) electrons. The van der Waals surface area contributed by atoms with Crippen LogP contribution in [0.15, 0.2) is 41.3 Å². The van der Waals surface area contributed by atoms with E-state index in [0.29, 0.717) is 24.4 Å². The second kappa shape index (κ2) is 10.1. The third-order valence-electron chi connectivity index (χ3n) is 5.23. The average Bonchev–Trinajstić information content (AvgIpc) is 3.04. The van der Waals surface area contributed by atoms with Gasteiger partial charge in [-0.15, -0.1) is 0 Å². The maximum Gasteiger partial charge on any atom is 0.243 e. The number of benzene rings is 2. The summed E-state index contributed by atoms with van der Waals surface area (Å²) in [5.41, 5.74) is 0.709. The van der Waals surface area contributed by atoms with Gasteiger partial charge in [-0.1, -0.05) is 18.9 Å². The minimum atomic E-state index is -3.68. The number of amides is 1. The molecular formula is C22H27FN2O5S. The number of methoxy groups -OCH3 is 2. The Balaban J connectivity index is 1.80. The van der Waals surface area contributed by atoms with E-state index in [1.165, 1.54) is 48.9 Å². The van der Waals surface area contributed by atoms with Crippen molar-refractivity contribution in [3.05, 3.63) is 47.8 Å². The molecule has 2 aromatic rings. The first-order valence-corrected chi connectivity index (χ1v) is 11.6. The Morgan fingerprint density at radius 1 is 1.00 bits per heavy atom. The summed E-state index contributed by atoms with van der Waals surface area (Å²) >= 11 is 0. The minimum absolute atomic E-state index is 0.0901. The highest BCUT2D eigenvalue weighted by Crippen LogP contribution is 2.30. The van der Waals surface area contributed by atoms with Crippen molar-refractivity contribution in [2.45, 2.75) is 37.0 Å². The summed E-state index contributed by atoms with van der Waals surface area (Å²) in [6.45, 7) is 0.970. The topological polar surface area (TPSA) is 84.9 Å². The predicted octanol–water partition coefficient (Wildman–Crippen LogP) is 3.59. The third kappa shape index (κ3) is 5.54. The van der Waals surface area contributed by atoms with Crippen LogP contribution in [0.4, 0.5) is 10.1 Å². The lowest BCUT2D eigenvalue weighted by Gasteiger charge is -2.21. The Morgan fingerprint density at radius 2 is 1.65 bits per heavy atom. The van der Waals surface area contributed by atoms with Gasteiger partial charge in [-0.2, -0.15) is 4.31 Å². The molecule has 1 N–H and O–H groups in total. The number of sulfonamides is 1. The van der Waals surface area contributed by atoms with Gasteiger partial charge in [-0.05, 0) is 48.7 Å². The summed E-state index contributed by atoms with van der Waals surface area (Å²) in [4.78, 5) is 12.6. The van der Waals surface area contributed by atoms with Crippen LogP contribution in [-0.4, -0.2) is 45.9 Å². The molecule has 168 valence electrons. The highest BCUT2D eigenvalue weighted by Gasteiger charge is 2.26. The van der Waals surface area contributed by atoms with E-state index in [2.05, 4.69) is 5.32 Å². The van der Waals surface area contributed by atoms with Gasteiger partial charge in [0.15, 0.2) is 11.6 Å². The van der Waals surface area contributed by atoms with Gasteiger partial charge in [0, 0.05) is 13.1 Å². The normalized spacial score (nSPS) is 15.2. The molecule has 1 aliphatic rings. The van der Waals surface area contributed by atoms with Crippen LogP contribution in [0, 0.1) is 5.82 Å². The van der Waals surface area contributed by atoms with E-state index in [1.54, 1.807) is 6.07 Å². The van der Waals surface area contributed by atoms with Gasteiger partial charge in [0.25, 0.3) is 0 Å². The van der Waals surface area contributed by atoms with Crippen LogP contribution < -0.4 is 14.8 Å². The van der Waals surface area contributed by atoms with Crippen molar-refractivity contribution in [2.75, 3.05) is 32.6 Å². The summed E-state index contributed by atoms with van der Waals surface area (Å²) in [6.07, 6.45) is 3.60. The van der Waals surface area contributed by atoms with Crippen molar-refractivity contribution in [1.29, 1.82) is 0 Å². The number of nitrogens with one attached hydrogen (secondary N) is 1. The van der Waals surface area contributed by atoms with Crippen molar-refractivity contribution in [3.63, 3.8) is 0 Å². The number of anilines is 1. The summed E-state index contributed by atoms with van der Waals surface area (Å²) in [5.74, 6) is -0.551. The number of ether oxygens (including phenoxy) is 2. The number of nitrogens with zero attached hydrogens (tertiary/aromatic N) is 1. The zero-order valence-electron chi connectivity index (χ0n) is 17.7. The molecule has 1 fully saturated rings. The van der Waals surface area contributed by atoms with Crippen LogP contribution in [0.1, 0.15) is 31.2 Å². The van der Waals surface area contributed by atoms with Crippen LogP contribution in [0.3, 0.4) is 0 Å². The zero-order valence-corrected chi connectivity index (χ0v) is 18.5. The lowest BCUT2D eigenvalue weighted by molar-refractivity contribution is -0.115. The molecule has 0 spiro atoms. The van der Waals surface area contributed by atoms with E-state index in [4.69, 9.17) is 9.47 Å². The number of halogens is 1. The SMILES string of the molecule is COc1ccc(CC(=O)Nc2cc(S(=O)(=O)N3CCCCCC3)ccc2OC)cc1F. The maximum atomic E-state index is 13.9. The van der Waals surface area contributed by atoms with Crippen LogP contribution in [-0.2, 0) is 21.2 Å². The Bertz CT molecular complexity index is 1030. The highest BCUT2D eigenvalue weighted by atomic mass is 32.2. The fourth-order valence-electron chi connectivity index (χ4n) is 3.58. The third-order valence-corrected chi connectivity index (χ3v) is 7.12. The predicted molar refractivity (Wildman–Crippen MR) is 116 cm³/mol. The van der Waals surface area contributed by atoms with Crippen LogP contribution in [0.25, 0.3) is 0 Å². The molecule has 0 aliphatic carbocycles. The summed E-state index contributed by atoms with van der Waals surface area (Å²) in [6, 6.07) is 8.69. The van der Waals surface area contributed by atoms with Crippen LogP contribution in [0.5, 0.6) is 11.5 Å². The molecule has 0 bridgehead atoms. The van der Waals surface area contributed by atoms with E-state index in [0.717, 1.165) is 25.7 Å². The van der Waals surface area contributed by atoms with Crippen LogP contribution >= 0.6 is 0 Å². The van der Waals surface area contributed by atoms with E-state index < -0.39 is 21.7 Å². The molecule has 2 aromatic carbocycles. The molecule has 1 amide bonds. The molecule has 3 rings (SSSR count). The first-order valence-electron chi connectivity index (χ1n) is 10.2. The molecule has 0 atom stereocenters. The van der Waals surface area contributed by atoms with Crippen molar-refractivity contribution in [3.8, 4) is 11.5 Å². The van der Waals surface area contributed by atoms with Gasteiger partial charge in [0.05, 0.1) is 31.2 Å². The highest BCUT2D eigenvalue weighted by molar-refractivity contribution is 7.89. The number of rotatable bonds is 7. The second-order valence-corrected chi connectivity index (χ2v) is 9.31.